The quantitative estimate of drug-likeness (QED) is 0.625. The number of ether oxygens (including phenoxy) is 1. The number of likely N-dealkylation sites (tertiary alicyclic amines) is 1. The average molecular weight is 438 g/mol. The van der Waals surface area contributed by atoms with E-state index in [0.29, 0.717) is 38.3 Å². The first-order chi connectivity index (χ1) is 14.4. The largest absolute Gasteiger partial charge is 0.378 e. The smallest absolute Gasteiger partial charge is 0.256 e. The molecule has 0 N–H and O–H groups in total. The highest BCUT2D eigenvalue weighted by Gasteiger charge is 2.30. The number of piperidine rings is 1. The van der Waals surface area contributed by atoms with Crippen LogP contribution in [0.5, 0.6) is 0 Å². The van der Waals surface area contributed by atoms with Gasteiger partial charge in [-0.3, -0.25) is 4.79 Å². The van der Waals surface area contributed by atoms with Crippen LogP contribution < -0.4 is 4.90 Å². The predicted octanol–water partition coefficient (Wildman–Crippen LogP) is 2.96. The number of amides is 1. The normalized spacial score (nSPS) is 18.4. The second-order valence-electron chi connectivity index (χ2n) is 7.91. The van der Waals surface area contributed by atoms with Crippen molar-refractivity contribution >= 4 is 21.6 Å². The topological polar surface area (TPSA) is 70.2 Å². The number of nitrogens with zero attached hydrogens (tertiary/aromatic N) is 3. The maximum Gasteiger partial charge on any atom is 0.256 e. The second-order valence-corrected chi connectivity index (χ2v) is 9.85. The van der Waals surface area contributed by atoms with Gasteiger partial charge in [0.05, 0.1) is 16.6 Å². The fourth-order valence-corrected chi connectivity index (χ4v) is 5.91. The molecule has 1 aromatic rings. The van der Waals surface area contributed by atoms with Crippen molar-refractivity contribution in [3.63, 3.8) is 0 Å². The molecule has 0 unspecified atom stereocenters. The predicted molar refractivity (Wildman–Crippen MR) is 119 cm³/mol. The van der Waals surface area contributed by atoms with Gasteiger partial charge in [0.25, 0.3) is 5.91 Å². The van der Waals surface area contributed by atoms with E-state index in [2.05, 4.69) is 4.90 Å². The molecular formula is C22H35N3O4S. The molecule has 2 saturated heterocycles. The molecule has 7 nitrogen and oxygen atoms in total. The minimum Gasteiger partial charge on any atom is -0.378 e. The van der Waals surface area contributed by atoms with Crippen LogP contribution in [0, 0.1) is 0 Å². The molecule has 1 amide bonds. The highest BCUT2D eigenvalue weighted by Crippen LogP contribution is 2.30. The van der Waals surface area contributed by atoms with E-state index in [0.717, 1.165) is 44.5 Å². The van der Waals surface area contributed by atoms with Gasteiger partial charge in [0.1, 0.15) is 0 Å². The number of hydrogen-bond donors (Lipinski definition) is 0. The molecule has 0 saturated carbocycles. The Balaban J connectivity index is 1.93. The fourth-order valence-electron chi connectivity index (χ4n) is 4.42. The summed E-state index contributed by atoms with van der Waals surface area (Å²) in [6.45, 7) is 10.2. The van der Waals surface area contributed by atoms with Crippen LogP contribution in [-0.2, 0) is 14.8 Å². The van der Waals surface area contributed by atoms with Crippen LogP contribution in [0.3, 0.4) is 0 Å². The average Bonchev–Trinajstić information content (AvgIpc) is 3.29. The Morgan fingerprint density at radius 3 is 2.27 bits per heavy atom. The maximum atomic E-state index is 13.5. The molecular weight excluding hydrogens is 402 g/mol. The number of carbonyl (C=O) groups excluding carboxylic acids is 1. The Labute approximate surface area is 181 Å². The Hall–Kier alpha value is -1.64. The lowest BCUT2D eigenvalue weighted by molar-refractivity contribution is 0.0146. The summed E-state index contributed by atoms with van der Waals surface area (Å²) in [5.41, 5.74) is 1.35. The molecule has 2 fully saturated rings. The summed E-state index contributed by atoms with van der Waals surface area (Å²) in [5, 5.41) is 0. The SMILES string of the molecule is CCOC1CCN(C(=O)c2cc(S(=O)(=O)N(CC)CC)ccc2N2CCCC2)CC1. The van der Waals surface area contributed by atoms with Crippen molar-refractivity contribution in [2.75, 3.05) is 50.8 Å². The number of rotatable bonds is 8. The van der Waals surface area contributed by atoms with Crippen LogP contribution in [0.1, 0.15) is 56.8 Å². The highest BCUT2D eigenvalue weighted by atomic mass is 32.2. The molecule has 3 rings (SSSR count). The van der Waals surface area contributed by atoms with E-state index in [1.54, 1.807) is 12.1 Å². The van der Waals surface area contributed by atoms with Gasteiger partial charge in [0.2, 0.25) is 10.0 Å². The molecule has 168 valence electrons. The molecule has 0 spiro atoms. The van der Waals surface area contributed by atoms with Crippen LogP contribution in [0.15, 0.2) is 23.1 Å². The third-order valence-electron chi connectivity index (χ3n) is 6.12. The number of carbonyl (C=O) groups is 1. The van der Waals surface area contributed by atoms with E-state index in [1.807, 2.05) is 31.7 Å². The van der Waals surface area contributed by atoms with Crippen LogP contribution in [-0.4, -0.2) is 75.5 Å². The Morgan fingerprint density at radius 2 is 1.70 bits per heavy atom. The van der Waals surface area contributed by atoms with E-state index in [9.17, 15) is 13.2 Å². The lowest BCUT2D eigenvalue weighted by Gasteiger charge is -2.33. The van der Waals surface area contributed by atoms with E-state index >= 15 is 0 Å². The Bertz CT molecular complexity index is 825. The molecule has 30 heavy (non-hydrogen) atoms. The van der Waals surface area contributed by atoms with Crippen molar-refractivity contribution in [2.45, 2.75) is 57.5 Å². The summed E-state index contributed by atoms with van der Waals surface area (Å²) in [6, 6.07) is 5.07. The number of benzene rings is 1. The molecule has 2 heterocycles. The van der Waals surface area contributed by atoms with Gasteiger partial charge in [-0.2, -0.15) is 4.31 Å². The summed E-state index contributed by atoms with van der Waals surface area (Å²) >= 11 is 0. The van der Waals surface area contributed by atoms with Crippen LogP contribution >= 0.6 is 0 Å². The van der Waals surface area contributed by atoms with Gasteiger partial charge < -0.3 is 14.5 Å². The zero-order valence-electron chi connectivity index (χ0n) is 18.5. The third kappa shape index (κ3) is 4.81. The molecule has 0 atom stereocenters. The van der Waals surface area contributed by atoms with E-state index in [4.69, 9.17) is 4.74 Å². The standard InChI is InChI=1S/C22H35N3O4S/c1-4-25(5-2)30(27,28)19-9-10-21(23-13-7-8-14-23)20(17-19)22(26)24-15-11-18(12-16-24)29-6-3/h9-10,17-18H,4-8,11-16H2,1-3H3. The van der Waals surface area contributed by atoms with Crippen LogP contribution in [0.4, 0.5) is 5.69 Å². The van der Waals surface area contributed by atoms with Gasteiger partial charge in [-0.15, -0.1) is 0 Å². The number of hydrogen-bond acceptors (Lipinski definition) is 5. The Morgan fingerprint density at radius 1 is 1.07 bits per heavy atom. The second kappa shape index (κ2) is 10.1. The van der Waals surface area contributed by atoms with Crippen molar-refractivity contribution < 1.29 is 17.9 Å². The van der Waals surface area contributed by atoms with Gasteiger partial charge in [-0.25, -0.2) is 8.42 Å². The Kier molecular flexibility index (Phi) is 7.76. The zero-order valence-corrected chi connectivity index (χ0v) is 19.3. The van der Waals surface area contributed by atoms with Gasteiger partial charge in [0.15, 0.2) is 0 Å². The van der Waals surface area contributed by atoms with Crippen molar-refractivity contribution in [1.29, 1.82) is 0 Å². The zero-order chi connectivity index (χ0) is 21.7. The summed E-state index contributed by atoms with van der Waals surface area (Å²) in [6.07, 6.45) is 4.01. The third-order valence-corrected chi connectivity index (χ3v) is 8.17. The number of sulfonamides is 1. The van der Waals surface area contributed by atoms with Crippen molar-refractivity contribution in [2.24, 2.45) is 0 Å². The molecule has 1 aromatic carbocycles. The summed E-state index contributed by atoms with van der Waals surface area (Å²) < 4.78 is 33.3. The van der Waals surface area contributed by atoms with E-state index in [1.165, 1.54) is 4.31 Å². The summed E-state index contributed by atoms with van der Waals surface area (Å²) in [7, 11) is -3.62. The van der Waals surface area contributed by atoms with Gasteiger partial charge in [-0.05, 0) is 50.8 Å². The minimum atomic E-state index is -3.62. The minimum absolute atomic E-state index is 0.0801. The van der Waals surface area contributed by atoms with E-state index < -0.39 is 10.0 Å². The molecule has 0 bridgehead atoms. The van der Waals surface area contributed by atoms with E-state index in [-0.39, 0.29) is 16.9 Å². The lowest BCUT2D eigenvalue weighted by atomic mass is 10.0. The molecule has 8 heteroatoms. The van der Waals surface area contributed by atoms with Crippen molar-refractivity contribution in [3.8, 4) is 0 Å². The molecule has 0 radical (unpaired) electrons. The molecule has 2 aliphatic heterocycles. The van der Waals surface area contributed by atoms with Crippen LogP contribution in [0.25, 0.3) is 0 Å². The monoisotopic (exact) mass is 437 g/mol. The molecule has 0 aliphatic carbocycles. The first kappa shape index (κ1) is 23.0. The van der Waals surface area contributed by atoms with Gasteiger partial charge in [-0.1, -0.05) is 13.8 Å². The molecule has 2 aliphatic rings. The first-order valence-corrected chi connectivity index (χ1v) is 12.7. The molecule has 0 aromatic heterocycles. The summed E-state index contributed by atoms with van der Waals surface area (Å²) in [5.74, 6) is -0.0801. The number of anilines is 1. The van der Waals surface area contributed by atoms with Gasteiger partial charge in [0, 0.05) is 51.6 Å². The highest BCUT2D eigenvalue weighted by molar-refractivity contribution is 7.89. The lowest BCUT2D eigenvalue weighted by Crippen LogP contribution is -2.41. The van der Waals surface area contributed by atoms with Crippen molar-refractivity contribution in [3.05, 3.63) is 23.8 Å². The van der Waals surface area contributed by atoms with Crippen molar-refractivity contribution in [1.82, 2.24) is 9.21 Å². The first-order valence-electron chi connectivity index (χ1n) is 11.2. The maximum absolute atomic E-state index is 13.5. The van der Waals surface area contributed by atoms with Crippen LogP contribution in [0.2, 0.25) is 0 Å². The van der Waals surface area contributed by atoms with Gasteiger partial charge >= 0.3 is 0 Å². The summed E-state index contributed by atoms with van der Waals surface area (Å²) in [4.78, 5) is 17.7. The fraction of sp³-hybridized carbons (Fsp3) is 0.682.